The molecule has 2 aliphatic rings. The number of hydrogen-bond acceptors (Lipinski definition) is 1. The molecule has 0 saturated carbocycles. The highest BCUT2D eigenvalue weighted by molar-refractivity contribution is 6.12. The molecule has 1 aliphatic heterocycles. The number of benzene rings is 10. The Hall–Kier alpha value is -9.44. The molecular weight excluding hydrogens is 895 g/mol. The summed E-state index contributed by atoms with van der Waals surface area (Å²) in [4.78, 5) is 0. The summed E-state index contributed by atoms with van der Waals surface area (Å²) >= 11 is 0. The van der Waals surface area contributed by atoms with Gasteiger partial charge >= 0.3 is 0 Å². The standard InChI is InChI=1S/C71H51N3/c1-6-18-48(19-7-1)53-32-36-68-62(42-53)63-43-54(49-20-8-2-9-21-49)33-37-69(63)73(68)60-30-16-28-57(40-60)66-46-59(52-26-14-5-15-27-52)47-67(72-66)58-29-17-31-61(41-58)74-70-38-34-55(50-22-10-3-11-23-50)44-64(70)65-45-56(35-39-71(65)74)51-24-12-4-13-25-51/h1-24,26-47,51,66,72H,25H2. The van der Waals surface area contributed by atoms with Crippen LogP contribution in [0.4, 0.5) is 0 Å². The van der Waals surface area contributed by atoms with E-state index in [0.717, 1.165) is 29.1 Å². The Morgan fingerprint density at radius 1 is 0.351 bits per heavy atom. The molecular formula is C71H51N3. The van der Waals surface area contributed by atoms with E-state index in [2.05, 4.69) is 294 Å². The van der Waals surface area contributed by atoms with Gasteiger partial charge in [0.25, 0.3) is 0 Å². The van der Waals surface area contributed by atoms with Gasteiger partial charge in [-0.05, 0) is 153 Å². The van der Waals surface area contributed by atoms with Crippen molar-refractivity contribution in [1.82, 2.24) is 14.5 Å². The Kier molecular flexibility index (Phi) is 10.7. The van der Waals surface area contributed by atoms with E-state index in [1.807, 2.05) is 0 Å². The number of rotatable bonds is 9. The van der Waals surface area contributed by atoms with Crippen molar-refractivity contribution in [2.24, 2.45) is 0 Å². The Bertz CT molecular complexity index is 4130. The monoisotopic (exact) mass is 945 g/mol. The quantitative estimate of drug-likeness (QED) is 0.153. The first-order valence-electron chi connectivity index (χ1n) is 25.8. The summed E-state index contributed by atoms with van der Waals surface area (Å²) in [5.74, 6) is 0.358. The fourth-order valence-corrected chi connectivity index (χ4v) is 11.6. The number of nitrogens with one attached hydrogen (secondary N) is 1. The molecule has 350 valence electrons. The number of hydrogen-bond donors (Lipinski definition) is 1. The van der Waals surface area contributed by atoms with E-state index in [1.165, 1.54) is 99.3 Å². The number of fused-ring (bicyclic) bond motifs is 6. The molecule has 2 aromatic heterocycles. The Labute approximate surface area is 431 Å². The summed E-state index contributed by atoms with van der Waals surface area (Å²) in [6.45, 7) is 0. The normalized spacial score (nSPS) is 15.4. The van der Waals surface area contributed by atoms with Gasteiger partial charge < -0.3 is 14.5 Å². The van der Waals surface area contributed by atoms with E-state index in [9.17, 15) is 0 Å². The van der Waals surface area contributed by atoms with Crippen molar-refractivity contribution in [2.75, 3.05) is 0 Å². The first-order valence-corrected chi connectivity index (χ1v) is 25.8. The minimum absolute atomic E-state index is 0.108. The smallest absolute Gasteiger partial charge is 0.0707 e. The van der Waals surface area contributed by atoms with Crippen molar-refractivity contribution in [3.8, 4) is 44.8 Å². The molecule has 3 heteroatoms. The van der Waals surface area contributed by atoms with Crippen molar-refractivity contribution < 1.29 is 0 Å². The van der Waals surface area contributed by atoms with Crippen LogP contribution in [0.3, 0.4) is 0 Å². The fraction of sp³-hybridized carbons (Fsp3) is 0.0423. The fourth-order valence-electron chi connectivity index (χ4n) is 11.6. The van der Waals surface area contributed by atoms with Crippen LogP contribution in [0, 0.1) is 0 Å². The van der Waals surface area contributed by atoms with Crippen molar-refractivity contribution in [2.45, 2.75) is 18.4 Å². The molecule has 0 amide bonds. The Morgan fingerprint density at radius 2 is 0.824 bits per heavy atom. The summed E-state index contributed by atoms with van der Waals surface area (Å²) in [6.07, 6.45) is 14.7. The summed E-state index contributed by atoms with van der Waals surface area (Å²) in [5, 5.41) is 9.04. The van der Waals surface area contributed by atoms with E-state index < -0.39 is 0 Å². The lowest BCUT2D eigenvalue weighted by Crippen LogP contribution is -2.22. The van der Waals surface area contributed by atoms with Crippen LogP contribution >= 0.6 is 0 Å². The van der Waals surface area contributed by atoms with Crippen LogP contribution in [0.15, 0.2) is 279 Å². The number of nitrogens with zero attached hydrogens (tertiary/aromatic N) is 2. The first kappa shape index (κ1) is 43.4. The van der Waals surface area contributed by atoms with Crippen LogP contribution in [0.1, 0.15) is 40.6 Å². The molecule has 3 nitrogen and oxygen atoms in total. The van der Waals surface area contributed by atoms with Gasteiger partial charge in [-0.15, -0.1) is 0 Å². The molecule has 1 aliphatic carbocycles. The molecule has 0 fully saturated rings. The average Bonchev–Trinajstić information content (AvgIpc) is 3.99. The van der Waals surface area contributed by atoms with Crippen LogP contribution in [0.25, 0.3) is 99.6 Å². The molecule has 2 atom stereocenters. The molecule has 10 aromatic carbocycles. The van der Waals surface area contributed by atoms with Crippen LogP contribution in [0.2, 0.25) is 0 Å². The molecule has 0 radical (unpaired) electrons. The van der Waals surface area contributed by atoms with Gasteiger partial charge in [0.15, 0.2) is 0 Å². The second kappa shape index (κ2) is 18.3. The molecule has 74 heavy (non-hydrogen) atoms. The van der Waals surface area contributed by atoms with Gasteiger partial charge in [0.2, 0.25) is 0 Å². The molecule has 0 bridgehead atoms. The van der Waals surface area contributed by atoms with Crippen molar-refractivity contribution in [1.29, 1.82) is 0 Å². The van der Waals surface area contributed by atoms with E-state index in [4.69, 9.17) is 0 Å². The third-order valence-corrected chi connectivity index (χ3v) is 15.3. The lowest BCUT2D eigenvalue weighted by Gasteiger charge is -2.26. The van der Waals surface area contributed by atoms with Crippen LogP contribution in [-0.4, -0.2) is 9.13 Å². The molecule has 1 N–H and O–H groups in total. The zero-order valence-electron chi connectivity index (χ0n) is 40.8. The minimum Gasteiger partial charge on any atom is -0.374 e. The molecule has 0 saturated heterocycles. The Balaban J connectivity index is 0.876. The Morgan fingerprint density at radius 3 is 1.35 bits per heavy atom. The SMILES string of the molecule is C1=CCC(c2ccc3c(c2)c2cc(-c4ccccc4)ccc2n3-c2cccc(C3=CC(c4ccccc4)=CC(c4cccc(-n5c6ccc(-c7ccccc7)cc6c6cc(-c7ccccc7)ccc65)c4)N3)c2)C=C1. The maximum atomic E-state index is 4.05. The summed E-state index contributed by atoms with van der Waals surface area (Å²) in [7, 11) is 0. The van der Waals surface area contributed by atoms with Gasteiger partial charge in [0, 0.05) is 44.5 Å². The average molecular weight is 946 g/mol. The van der Waals surface area contributed by atoms with Crippen LogP contribution in [-0.2, 0) is 0 Å². The zero-order chi connectivity index (χ0) is 49.0. The highest BCUT2D eigenvalue weighted by atomic mass is 15.0. The molecule has 3 heterocycles. The van der Waals surface area contributed by atoms with Gasteiger partial charge in [-0.3, -0.25) is 0 Å². The summed E-state index contributed by atoms with van der Waals surface area (Å²) in [6, 6.07) is 89.0. The number of aromatic nitrogens is 2. The van der Waals surface area contributed by atoms with Crippen LogP contribution < -0.4 is 5.32 Å². The minimum atomic E-state index is -0.108. The number of dihydropyridines is 1. The van der Waals surface area contributed by atoms with Gasteiger partial charge in [-0.1, -0.05) is 194 Å². The second-order valence-electron chi connectivity index (χ2n) is 19.7. The van der Waals surface area contributed by atoms with E-state index in [1.54, 1.807) is 0 Å². The lowest BCUT2D eigenvalue weighted by molar-refractivity contribution is 0.765. The predicted molar refractivity (Wildman–Crippen MR) is 312 cm³/mol. The van der Waals surface area contributed by atoms with E-state index in [0.29, 0.717) is 5.92 Å². The molecule has 14 rings (SSSR count). The summed E-state index contributed by atoms with van der Waals surface area (Å²) < 4.78 is 4.90. The van der Waals surface area contributed by atoms with E-state index in [-0.39, 0.29) is 6.04 Å². The van der Waals surface area contributed by atoms with Gasteiger partial charge in [-0.25, -0.2) is 0 Å². The maximum Gasteiger partial charge on any atom is 0.0707 e. The second-order valence-corrected chi connectivity index (χ2v) is 19.7. The lowest BCUT2D eigenvalue weighted by atomic mass is 9.91. The number of allylic oxidation sites excluding steroid dienone is 6. The topological polar surface area (TPSA) is 21.9 Å². The van der Waals surface area contributed by atoms with E-state index >= 15 is 0 Å². The molecule has 12 aromatic rings. The van der Waals surface area contributed by atoms with Crippen molar-refractivity contribution >= 4 is 54.9 Å². The molecule has 2 unspecified atom stereocenters. The van der Waals surface area contributed by atoms with Crippen LogP contribution in [0.5, 0.6) is 0 Å². The summed E-state index contributed by atoms with van der Waals surface area (Å²) in [5.41, 5.74) is 21.4. The van der Waals surface area contributed by atoms with Crippen molar-refractivity contribution in [3.05, 3.63) is 301 Å². The van der Waals surface area contributed by atoms with Crippen molar-refractivity contribution in [3.63, 3.8) is 0 Å². The first-order chi connectivity index (χ1) is 36.7. The third kappa shape index (κ3) is 7.78. The van der Waals surface area contributed by atoms with Gasteiger partial charge in [-0.2, -0.15) is 0 Å². The zero-order valence-corrected chi connectivity index (χ0v) is 40.8. The predicted octanol–water partition coefficient (Wildman–Crippen LogP) is 18.3. The highest BCUT2D eigenvalue weighted by Crippen LogP contribution is 2.41. The third-order valence-electron chi connectivity index (χ3n) is 15.3. The highest BCUT2D eigenvalue weighted by Gasteiger charge is 2.23. The van der Waals surface area contributed by atoms with Gasteiger partial charge in [0.1, 0.15) is 0 Å². The molecule has 0 spiro atoms. The van der Waals surface area contributed by atoms with Gasteiger partial charge in [0.05, 0.1) is 28.1 Å². The largest absolute Gasteiger partial charge is 0.374 e. The maximum absolute atomic E-state index is 4.05.